The van der Waals surface area contributed by atoms with Gasteiger partial charge in [-0.25, -0.2) is 0 Å². The molecule has 2 aromatic carbocycles. The number of nitriles is 1. The second-order valence-corrected chi connectivity index (χ2v) is 5.93. The summed E-state index contributed by atoms with van der Waals surface area (Å²) in [6.07, 6.45) is 2.30. The first-order valence-electron chi connectivity index (χ1n) is 7.49. The summed E-state index contributed by atoms with van der Waals surface area (Å²) >= 11 is 0. The van der Waals surface area contributed by atoms with Gasteiger partial charge in [-0.05, 0) is 43.5 Å². The average Bonchev–Trinajstić information content (AvgIpc) is 3.34. The molecule has 0 amide bonds. The van der Waals surface area contributed by atoms with Gasteiger partial charge in [-0.2, -0.15) is 5.26 Å². The Morgan fingerprint density at radius 3 is 2.55 bits per heavy atom. The van der Waals surface area contributed by atoms with E-state index in [1.165, 1.54) is 12.5 Å². The summed E-state index contributed by atoms with van der Waals surface area (Å²) in [4.78, 5) is 11.5. The molecule has 3 rings (SSSR count). The molecular weight excluding hydrogens is 272 g/mol. The van der Waals surface area contributed by atoms with Crippen molar-refractivity contribution in [3.05, 3.63) is 65.2 Å². The van der Waals surface area contributed by atoms with E-state index < -0.39 is 0 Å². The molecule has 0 spiro atoms. The first kappa shape index (κ1) is 14.3. The van der Waals surface area contributed by atoms with Gasteiger partial charge in [0.2, 0.25) is 0 Å². The SMILES string of the molecule is CC(=O)c1ccc(C#N)c(NCC2(c3ccccc3)CC2)c1. The molecule has 1 fully saturated rings. The van der Waals surface area contributed by atoms with Gasteiger partial charge in [0.05, 0.1) is 11.3 Å². The van der Waals surface area contributed by atoms with Crippen molar-refractivity contribution >= 4 is 11.5 Å². The molecule has 3 nitrogen and oxygen atoms in total. The van der Waals surface area contributed by atoms with Gasteiger partial charge >= 0.3 is 0 Å². The maximum atomic E-state index is 11.5. The van der Waals surface area contributed by atoms with E-state index in [1.807, 2.05) is 6.07 Å². The molecule has 22 heavy (non-hydrogen) atoms. The van der Waals surface area contributed by atoms with E-state index in [4.69, 9.17) is 0 Å². The summed E-state index contributed by atoms with van der Waals surface area (Å²) in [6, 6.07) is 17.8. The Morgan fingerprint density at radius 2 is 1.95 bits per heavy atom. The third-order valence-electron chi connectivity index (χ3n) is 4.40. The van der Waals surface area contributed by atoms with E-state index >= 15 is 0 Å². The van der Waals surface area contributed by atoms with Gasteiger partial charge in [0.1, 0.15) is 6.07 Å². The number of hydrogen-bond acceptors (Lipinski definition) is 3. The van der Waals surface area contributed by atoms with Crippen LogP contribution in [-0.2, 0) is 5.41 Å². The lowest BCUT2D eigenvalue weighted by molar-refractivity contribution is 0.101. The van der Waals surface area contributed by atoms with Crippen LogP contribution >= 0.6 is 0 Å². The molecule has 0 bridgehead atoms. The van der Waals surface area contributed by atoms with Gasteiger partial charge in [0.25, 0.3) is 0 Å². The van der Waals surface area contributed by atoms with Gasteiger partial charge in [-0.1, -0.05) is 30.3 Å². The zero-order valence-electron chi connectivity index (χ0n) is 12.6. The fraction of sp³-hybridized carbons (Fsp3) is 0.263. The number of carbonyl (C=O) groups excluding carboxylic acids is 1. The van der Waals surface area contributed by atoms with Gasteiger partial charge < -0.3 is 5.32 Å². The Morgan fingerprint density at radius 1 is 1.23 bits per heavy atom. The molecule has 110 valence electrons. The Labute approximate surface area is 130 Å². The van der Waals surface area contributed by atoms with E-state index in [0.29, 0.717) is 11.1 Å². The molecule has 1 aliphatic carbocycles. The summed E-state index contributed by atoms with van der Waals surface area (Å²) in [5.74, 6) is 0.0109. The number of nitrogens with one attached hydrogen (secondary N) is 1. The third-order valence-corrected chi connectivity index (χ3v) is 4.40. The maximum Gasteiger partial charge on any atom is 0.159 e. The Hall–Kier alpha value is -2.60. The number of hydrogen-bond donors (Lipinski definition) is 1. The topological polar surface area (TPSA) is 52.9 Å². The molecular formula is C19H18N2O. The lowest BCUT2D eigenvalue weighted by Gasteiger charge is -2.18. The Kier molecular flexibility index (Phi) is 3.68. The molecule has 0 heterocycles. The van der Waals surface area contributed by atoms with E-state index in [1.54, 1.807) is 18.2 Å². The smallest absolute Gasteiger partial charge is 0.159 e. The minimum atomic E-state index is 0.0109. The molecule has 0 radical (unpaired) electrons. The monoisotopic (exact) mass is 290 g/mol. The molecule has 0 unspecified atom stereocenters. The summed E-state index contributed by atoms with van der Waals surface area (Å²) < 4.78 is 0. The summed E-state index contributed by atoms with van der Waals surface area (Å²) in [7, 11) is 0. The van der Waals surface area contributed by atoms with Crippen molar-refractivity contribution < 1.29 is 4.79 Å². The summed E-state index contributed by atoms with van der Waals surface area (Å²) in [5, 5.41) is 12.6. The summed E-state index contributed by atoms with van der Waals surface area (Å²) in [5.41, 5.74) is 3.46. The molecule has 0 atom stereocenters. The quantitative estimate of drug-likeness (QED) is 0.850. The highest BCUT2D eigenvalue weighted by Gasteiger charge is 2.43. The van der Waals surface area contributed by atoms with Crippen molar-refractivity contribution in [1.29, 1.82) is 5.26 Å². The van der Waals surface area contributed by atoms with E-state index in [9.17, 15) is 10.1 Å². The first-order valence-corrected chi connectivity index (χ1v) is 7.49. The molecule has 0 saturated heterocycles. The molecule has 1 saturated carbocycles. The number of ketones is 1. The maximum absolute atomic E-state index is 11.5. The van der Waals surface area contributed by atoms with Crippen LogP contribution in [0.15, 0.2) is 48.5 Å². The fourth-order valence-electron chi connectivity index (χ4n) is 2.78. The Bertz CT molecular complexity index is 740. The standard InChI is InChI=1S/C19H18N2O/c1-14(22)15-7-8-16(12-20)18(11-15)21-13-19(9-10-19)17-5-3-2-4-6-17/h2-8,11,21H,9-10,13H2,1H3. The lowest BCUT2D eigenvalue weighted by Crippen LogP contribution is -2.20. The predicted octanol–water partition coefficient (Wildman–Crippen LogP) is 3.90. The number of carbonyl (C=O) groups is 1. The van der Waals surface area contributed by atoms with Crippen LogP contribution in [-0.4, -0.2) is 12.3 Å². The molecule has 1 N–H and O–H groups in total. The molecule has 2 aromatic rings. The van der Waals surface area contributed by atoms with E-state index in [0.717, 1.165) is 25.1 Å². The van der Waals surface area contributed by atoms with Crippen molar-refractivity contribution in [3.63, 3.8) is 0 Å². The van der Waals surface area contributed by atoms with Crippen molar-refractivity contribution in [1.82, 2.24) is 0 Å². The molecule has 0 aliphatic heterocycles. The van der Waals surface area contributed by atoms with Gasteiger partial charge in [0.15, 0.2) is 5.78 Å². The second-order valence-electron chi connectivity index (χ2n) is 5.93. The average molecular weight is 290 g/mol. The van der Waals surface area contributed by atoms with Crippen LogP contribution in [0.1, 0.15) is 41.3 Å². The summed E-state index contributed by atoms with van der Waals surface area (Å²) in [6.45, 7) is 2.32. The first-order chi connectivity index (χ1) is 10.6. The van der Waals surface area contributed by atoms with Gasteiger partial charge in [0, 0.05) is 17.5 Å². The highest BCUT2D eigenvalue weighted by Crippen LogP contribution is 2.48. The van der Waals surface area contributed by atoms with Crippen molar-refractivity contribution in [2.45, 2.75) is 25.2 Å². The number of anilines is 1. The third kappa shape index (κ3) is 2.73. The zero-order valence-corrected chi connectivity index (χ0v) is 12.6. The molecule has 0 aromatic heterocycles. The van der Waals surface area contributed by atoms with Crippen molar-refractivity contribution in [2.24, 2.45) is 0 Å². The number of Topliss-reactive ketones (excluding diaryl/α,β-unsaturated/α-hetero) is 1. The normalized spacial score (nSPS) is 14.9. The highest BCUT2D eigenvalue weighted by molar-refractivity contribution is 5.95. The van der Waals surface area contributed by atoms with Gasteiger partial charge in [-0.15, -0.1) is 0 Å². The second kappa shape index (κ2) is 5.65. The van der Waals surface area contributed by atoms with Crippen LogP contribution < -0.4 is 5.32 Å². The van der Waals surface area contributed by atoms with Crippen LogP contribution in [0.25, 0.3) is 0 Å². The molecule has 1 aliphatic rings. The van der Waals surface area contributed by atoms with Crippen molar-refractivity contribution in [2.75, 3.05) is 11.9 Å². The van der Waals surface area contributed by atoms with Gasteiger partial charge in [-0.3, -0.25) is 4.79 Å². The van der Waals surface area contributed by atoms with Crippen LogP contribution in [0.5, 0.6) is 0 Å². The minimum absolute atomic E-state index is 0.0109. The predicted molar refractivity (Wildman–Crippen MR) is 87.0 cm³/mol. The lowest BCUT2D eigenvalue weighted by atomic mass is 9.95. The number of nitrogens with zero attached hydrogens (tertiary/aromatic N) is 1. The number of rotatable bonds is 5. The highest BCUT2D eigenvalue weighted by atomic mass is 16.1. The van der Waals surface area contributed by atoms with Crippen molar-refractivity contribution in [3.8, 4) is 6.07 Å². The van der Waals surface area contributed by atoms with Crippen LogP contribution in [0.4, 0.5) is 5.69 Å². The largest absolute Gasteiger partial charge is 0.383 e. The van der Waals surface area contributed by atoms with Crippen LogP contribution in [0, 0.1) is 11.3 Å². The van der Waals surface area contributed by atoms with E-state index in [-0.39, 0.29) is 11.2 Å². The zero-order chi connectivity index (χ0) is 15.6. The Balaban J connectivity index is 1.81. The van der Waals surface area contributed by atoms with E-state index in [2.05, 4.69) is 35.7 Å². The fourth-order valence-corrected chi connectivity index (χ4v) is 2.78. The molecule has 3 heteroatoms. The van der Waals surface area contributed by atoms with Crippen LogP contribution in [0.2, 0.25) is 0 Å². The van der Waals surface area contributed by atoms with Crippen LogP contribution in [0.3, 0.4) is 0 Å². The number of benzene rings is 2. The minimum Gasteiger partial charge on any atom is -0.383 e.